The Morgan fingerprint density at radius 2 is 1.35 bits per heavy atom. The first-order valence-electron chi connectivity index (χ1n) is 9.46. The molecule has 0 fully saturated rings. The summed E-state index contributed by atoms with van der Waals surface area (Å²) >= 11 is 5.79. The van der Waals surface area contributed by atoms with Crippen LogP contribution in [0.25, 0.3) is 0 Å². The van der Waals surface area contributed by atoms with Crippen LogP contribution >= 0.6 is 11.6 Å². The van der Waals surface area contributed by atoms with Crippen LogP contribution < -0.4 is 0 Å². The topological polar surface area (TPSA) is 46.5 Å². The van der Waals surface area contributed by atoms with Crippen molar-refractivity contribution >= 4 is 17.6 Å². The maximum atomic E-state index is 10.8. The molecule has 4 heteroatoms. The van der Waals surface area contributed by atoms with Crippen LogP contribution in [0.15, 0.2) is 0 Å². The van der Waals surface area contributed by atoms with Crippen LogP contribution in [0.3, 0.4) is 0 Å². The molecule has 138 valence electrons. The maximum Gasteiger partial charge on any atom is 0.302 e. The second kappa shape index (κ2) is 15.3. The molecule has 0 aliphatic carbocycles. The zero-order chi connectivity index (χ0) is 17.4. The summed E-state index contributed by atoms with van der Waals surface area (Å²) in [5, 5.41) is 10.2. The highest BCUT2D eigenvalue weighted by Gasteiger charge is 2.26. The van der Waals surface area contributed by atoms with Gasteiger partial charge in [0, 0.05) is 6.92 Å². The molecule has 0 aromatic heterocycles. The van der Waals surface area contributed by atoms with Gasteiger partial charge in [-0.05, 0) is 6.42 Å². The Hall–Kier alpha value is -0.280. The van der Waals surface area contributed by atoms with Crippen molar-refractivity contribution in [3.8, 4) is 0 Å². The number of halogens is 1. The second-order valence-corrected chi connectivity index (χ2v) is 7.04. The van der Waals surface area contributed by atoms with Crippen molar-refractivity contribution in [3.63, 3.8) is 0 Å². The van der Waals surface area contributed by atoms with E-state index in [9.17, 15) is 9.90 Å². The van der Waals surface area contributed by atoms with Crippen molar-refractivity contribution in [1.29, 1.82) is 0 Å². The molecule has 0 aliphatic rings. The molecule has 0 aromatic rings. The minimum atomic E-state index is -1.06. The lowest BCUT2D eigenvalue weighted by Gasteiger charge is -2.24. The first-order valence-corrected chi connectivity index (χ1v) is 9.99. The number of carbonyl (C=O) groups excluding carboxylic acids is 1. The first-order chi connectivity index (χ1) is 11.0. The summed E-state index contributed by atoms with van der Waals surface area (Å²) in [6, 6.07) is 0. The summed E-state index contributed by atoms with van der Waals surface area (Å²) < 4.78 is 4.88. The molecule has 0 saturated carbocycles. The van der Waals surface area contributed by atoms with E-state index in [4.69, 9.17) is 16.3 Å². The molecule has 0 rings (SSSR count). The lowest BCUT2D eigenvalue weighted by molar-refractivity contribution is -0.148. The molecule has 0 aliphatic heterocycles. The Morgan fingerprint density at radius 1 is 0.913 bits per heavy atom. The van der Waals surface area contributed by atoms with Gasteiger partial charge in [-0.3, -0.25) is 4.79 Å². The number of aliphatic hydroxyl groups is 1. The minimum absolute atomic E-state index is 0.00383. The molecule has 0 radical (unpaired) electrons. The van der Waals surface area contributed by atoms with E-state index in [0.717, 1.165) is 12.8 Å². The van der Waals surface area contributed by atoms with Crippen molar-refractivity contribution in [2.24, 2.45) is 0 Å². The van der Waals surface area contributed by atoms with Crippen LogP contribution in [0.4, 0.5) is 0 Å². The maximum absolute atomic E-state index is 10.8. The molecule has 1 N–H and O–H groups in total. The molecule has 23 heavy (non-hydrogen) atoms. The van der Waals surface area contributed by atoms with Crippen molar-refractivity contribution < 1.29 is 14.6 Å². The van der Waals surface area contributed by atoms with Crippen LogP contribution in [0, 0.1) is 0 Å². The quantitative estimate of drug-likeness (QED) is 0.224. The average molecular weight is 349 g/mol. The zero-order valence-corrected chi connectivity index (χ0v) is 16.0. The first kappa shape index (κ1) is 22.7. The van der Waals surface area contributed by atoms with Crippen molar-refractivity contribution in [2.75, 3.05) is 12.5 Å². The van der Waals surface area contributed by atoms with E-state index < -0.39 is 5.60 Å². The third-order valence-corrected chi connectivity index (χ3v) is 4.79. The van der Waals surface area contributed by atoms with E-state index in [0.29, 0.717) is 6.42 Å². The van der Waals surface area contributed by atoms with Gasteiger partial charge in [0.1, 0.15) is 12.2 Å². The second-order valence-electron chi connectivity index (χ2n) is 6.78. The lowest BCUT2D eigenvalue weighted by Crippen LogP contribution is -2.37. The SMILES string of the molecule is CCCCCCCCCCCCCCC(O)(CCl)COC(C)=O. The third-order valence-electron chi connectivity index (χ3n) is 4.29. The van der Waals surface area contributed by atoms with E-state index in [2.05, 4.69) is 6.92 Å². The molecule has 0 spiro atoms. The molecular formula is C19H37ClO3. The Labute approximate surface area is 148 Å². The lowest BCUT2D eigenvalue weighted by atomic mass is 9.98. The smallest absolute Gasteiger partial charge is 0.302 e. The Balaban J connectivity index is 3.41. The average Bonchev–Trinajstić information content (AvgIpc) is 2.54. The van der Waals surface area contributed by atoms with E-state index in [1.165, 1.54) is 71.1 Å². The molecule has 1 unspecified atom stereocenters. The predicted octanol–water partition coefficient (Wildman–Crippen LogP) is 5.61. The highest BCUT2D eigenvalue weighted by molar-refractivity contribution is 6.18. The summed E-state index contributed by atoms with van der Waals surface area (Å²) in [4.78, 5) is 10.8. The molecule has 3 nitrogen and oxygen atoms in total. The number of ether oxygens (including phenoxy) is 1. The van der Waals surface area contributed by atoms with Gasteiger partial charge in [0.15, 0.2) is 0 Å². The fourth-order valence-corrected chi connectivity index (χ4v) is 2.92. The highest BCUT2D eigenvalue weighted by atomic mass is 35.5. The number of hydrogen-bond donors (Lipinski definition) is 1. The van der Waals surface area contributed by atoms with Gasteiger partial charge in [-0.25, -0.2) is 0 Å². The molecule has 0 saturated heterocycles. The van der Waals surface area contributed by atoms with Gasteiger partial charge in [-0.2, -0.15) is 0 Å². The number of unbranched alkanes of at least 4 members (excludes halogenated alkanes) is 11. The van der Waals surface area contributed by atoms with Crippen LogP contribution in [-0.2, 0) is 9.53 Å². The van der Waals surface area contributed by atoms with Crippen LogP contribution in [-0.4, -0.2) is 29.2 Å². The molecular weight excluding hydrogens is 312 g/mol. The van der Waals surface area contributed by atoms with Crippen LogP contribution in [0.2, 0.25) is 0 Å². The summed E-state index contributed by atoms with van der Waals surface area (Å²) in [5.74, 6) is -0.263. The highest BCUT2D eigenvalue weighted by Crippen LogP contribution is 2.19. The molecule has 0 amide bonds. The van der Waals surface area contributed by atoms with Crippen LogP contribution in [0.1, 0.15) is 97.3 Å². The summed E-state index contributed by atoms with van der Waals surface area (Å²) in [6.45, 7) is 3.60. The van der Waals surface area contributed by atoms with Gasteiger partial charge >= 0.3 is 5.97 Å². The van der Waals surface area contributed by atoms with Gasteiger partial charge in [0.25, 0.3) is 0 Å². The van der Waals surface area contributed by atoms with Crippen LogP contribution in [0.5, 0.6) is 0 Å². The number of alkyl halides is 1. The third kappa shape index (κ3) is 15.0. The fourth-order valence-electron chi connectivity index (χ4n) is 2.71. The van der Waals surface area contributed by atoms with Gasteiger partial charge in [-0.15, -0.1) is 11.6 Å². The molecule has 0 bridgehead atoms. The van der Waals surface area contributed by atoms with Crippen molar-refractivity contribution in [1.82, 2.24) is 0 Å². The Morgan fingerprint density at radius 3 is 1.74 bits per heavy atom. The number of carbonyl (C=O) groups is 1. The number of hydrogen-bond acceptors (Lipinski definition) is 3. The normalized spacial score (nSPS) is 13.7. The van der Waals surface area contributed by atoms with Gasteiger partial charge in [-0.1, -0.05) is 84.0 Å². The van der Waals surface area contributed by atoms with Gasteiger partial charge in [0.2, 0.25) is 0 Å². The number of esters is 1. The summed E-state index contributed by atoms with van der Waals surface area (Å²) in [7, 11) is 0. The van der Waals surface area contributed by atoms with E-state index in [1.807, 2.05) is 0 Å². The van der Waals surface area contributed by atoms with Crippen molar-refractivity contribution in [3.05, 3.63) is 0 Å². The van der Waals surface area contributed by atoms with E-state index in [1.54, 1.807) is 0 Å². The van der Waals surface area contributed by atoms with Gasteiger partial charge in [0.05, 0.1) is 5.88 Å². The summed E-state index contributed by atoms with van der Waals surface area (Å²) in [5.41, 5.74) is -1.06. The van der Waals surface area contributed by atoms with Gasteiger partial charge < -0.3 is 9.84 Å². The largest absolute Gasteiger partial charge is 0.463 e. The fraction of sp³-hybridized carbons (Fsp3) is 0.947. The minimum Gasteiger partial charge on any atom is -0.463 e. The standard InChI is InChI=1S/C19H37ClO3/c1-3-4-5-6-7-8-9-10-11-12-13-14-15-19(22,16-20)17-23-18(2)21/h22H,3-17H2,1-2H3. The van der Waals surface area contributed by atoms with E-state index >= 15 is 0 Å². The van der Waals surface area contributed by atoms with Crippen molar-refractivity contribution in [2.45, 2.75) is 103 Å². The molecule has 0 aromatic carbocycles. The molecule has 0 heterocycles. The zero-order valence-electron chi connectivity index (χ0n) is 15.2. The monoisotopic (exact) mass is 348 g/mol. The molecule has 1 atom stereocenters. The predicted molar refractivity (Wildman–Crippen MR) is 98.0 cm³/mol. The Bertz CT molecular complexity index is 284. The Kier molecular flexibility index (Phi) is 15.1. The number of rotatable bonds is 16. The summed E-state index contributed by atoms with van der Waals surface area (Å²) in [6.07, 6.45) is 16.0. The van der Waals surface area contributed by atoms with E-state index in [-0.39, 0.29) is 18.5 Å².